The number of hydrogen-bond donors (Lipinski definition) is 1. The van der Waals surface area contributed by atoms with Gasteiger partial charge in [-0.3, -0.25) is 4.31 Å². The summed E-state index contributed by atoms with van der Waals surface area (Å²) in [6.45, 7) is 0. The van der Waals surface area contributed by atoms with Gasteiger partial charge >= 0.3 is 0 Å². The van der Waals surface area contributed by atoms with Crippen molar-refractivity contribution in [2.75, 3.05) is 17.1 Å². The molecule has 0 amide bonds. The van der Waals surface area contributed by atoms with Crippen molar-refractivity contribution in [3.8, 4) is 0 Å². The second-order valence-electron chi connectivity index (χ2n) is 4.40. The molecule has 2 aromatic carbocycles. The summed E-state index contributed by atoms with van der Waals surface area (Å²) in [6, 6.07) is 12.2. The average molecular weight is 294 g/mol. The minimum Gasteiger partial charge on any atom is -0.398 e. The summed E-state index contributed by atoms with van der Waals surface area (Å²) in [5, 5.41) is 0. The minimum absolute atomic E-state index is 0.229. The van der Waals surface area contributed by atoms with E-state index in [2.05, 4.69) is 0 Å². The van der Waals surface area contributed by atoms with Crippen LogP contribution in [-0.4, -0.2) is 15.5 Å². The standard InChI is InChI=1S/C14H15FN2O2S/c1-17(13-7-4-6-12(15)9-13)20(18,19)10-11-5-2-3-8-14(11)16/h2-9H,10,16H2,1H3. The first-order valence-electron chi connectivity index (χ1n) is 5.96. The van der Waals surface area contributed by atoms with Crippen molar-refractivity contribution >= 4 is 21.4 Å². The number of hydrogen-bond acceptors (Lipinski definition) is 3. The fourth-order valence-corrected chi connectivity index (χ4v) is 3.08. The van der Waals surface area contributed by atoms with E-state index in [1.54, 1.807) is 24.3 Å². The summed E-state index contributed by atoms with van der Waals surface area (Å²) in [6.07, 6.45) is 0. The van der Waals surface area contributed by atoms with Crippen LogP contribution in [0.4, 0.5) is 15.8 Å². The molecule has 0 radical (unpaired) electrons. The Labute approximate surface area is 117 Å². The first-order valence-corrected chi connectivity index (χ1v) is 7.56. The molecule has 106 valence electrons. The maximum atomic E-state index is 13.2. The van der Waals surface area contributed by atoms with Crippen molar-refractivity contribution in [3.63, 3.8) is 0 Å². The Morgan fingerprint density at radius 3 is 2.50 bits per heavy atom. The molecule has 0 saturated heterocycles. The molecule has 2 aromatic rings. The first kappa shape index (κ1) is 14.3. The summed E-state index contributed by atoms with van der Waals surface area (Å²) >= 11 is 0. The van der Waals surface area contributed by atoms with Gasteiger partial charge in [-0.1, -0.05) is 24.3 Å². The molecular formula is C14H15FN2O2S. The smallest absolute Gasteiger partial charge is 0.239 e. The molecule has 0 aliphatic rings. The van der Waals surface area contributed by atoms with Crippen LogP contribution in [0.1, 0.15) is 5.56 Å². The van der Waals surface area contributed by atoms with Gasteiger partial charge in [0.25, 0.3) is 0 Å². The van der Waals surface area contributed by atoms with Crippen molar-refractivity contribution in [1.82, 2.24) is 0 Å². The molecule has 0 aromatic heterocycles. The number of para-hydroxylation sites is 1. The maximum absolute atomic E-state index is 13.2. The Balaban J connectivity index is 2.29. The second kappa shape index (κ2) is 5.50. The van der Waals surface area contributed by atoms with Crippen LogP contribution >= 0.6 is 0 Å². The number of anilines is 2. The van der Waals surface area contributed by atoms with Crippen LogP contribution in [0.3, 0.4) is 0 Å². The van der Waals surface area contributed by atoms with Crippen LogP contribution in [0.5, 0.6) is 0 Å². The molecule has 0 spiro atoms. The zero-order chi connectivity index (χ0) is 14.8. The van der Waals surface area contributed by atoms with E-state index >= 15 is 0 Å². The van der Waals surface area contributed by atoms with Crippen LogP contribution < -0.4 is 10.0 Å². The maximum Gasteiger partial charge on any atom is 0.239 e. The minimum atomic E-state index is -3.62. The molecule has 0 heterocycles. The van der Waals surface area contributed by atoms with Crippen molar-refractivity contribution in [3.05, 3.63) is 59.9 Å². The van der Waals surface area contributed by atoms with Gasteiger partial charge < -0.3 is 5.73 Å². The molecule has 0 unspecified atom stereocenters. The summed E-state index contributed by atoms with van der Waals surface area (Å²) < 4.78 is 38.8. The van der Waals surface area contributed by atoms with Gasteiger partial charge in [0.2, 0.25) is 10.0 Å². The Morgan fingerprint density at radius 1 is 1.15 bits per heavy atom. The Hall–Kier alpha value is -2.08. The fourth-order valence-electron chi connectivity index (χ4n) is 1.79. The number of benzene rings is 2. The zero-order valence-corrected chi connectivity index (χ0v) is 11.8. The lowest BCUT2D eigenvalue weighted by molar-refractivity contribution is 0.593. The van der Waals surface area contributed by atoms with Crippen LogP contribution in [0, 0.1) is 5.82 Å². The predicted molar refractivity (Wildman–Crippen MR) is 78.3 cm³/mol. The first-order chi connectivity index (χ1) is 9.40. The van der Waals surface area contributed by atoms with Gasteiger partial charge in [0.1, 0.15) is 5.82 Å². The lowest BCUT2D eigenvalue weighted by Crippen LogP contribution is -2.28. The van der Waals surface area contributed by atoms with Gasteiger partial charge in [-0.05, 0) is 29.8 Å². The molecule has 2 rings (SSSR count). The summed E-state index contributed by atoms with van der Waals surface area (Å²) in [4.78, 5) is 0. The van der Waals surface area contributed by atoms with Crippen LogP contribution in [-0.2, 0) is 15.8 Å². The SMILES string of the molecule is CN(c1cccc(F)c1)S(=O)(=O)Cc1ccccc1N. The van der Waals surface area contributed by atoms with E-state index in [9.17, 15) is 12.8 Å². The van der Waals surface area contributed by atoms with E-state index in [1.165, 1.54) is 31.3 Å². The fraction of sp³-hybridized carbons (Fsp3) is 0.143. The van der Waals surface area contributed by atoms with E-state index in [4.69, 9.17) is 5.73 Å². The van der Waals surface area contributed by atoms with E-state index in [0.29, 0.717) is 11.3 Å². The van der Waals surface area contributed by atoms with Gasteiger partial charge in [-0.2, -0.15) is 0 Å². The third-order valence-corrected chi connectivity index (χ3v) is 4.70. The van der Waals surface area contributed by atoms with Gasteiger partial charge in [0.15, 0.2) is 0 Å². The predicted octanol–water partition coefficient (Wildman–Crippen LogP) is 2.37. The zero-order valence-electron chi connectivity index (χ0n) is 11.0. The third-order valence-electron chi connectivity index (χ3n) is 2.98. The number of nitrogens with two attached hydrogens (primary N) is 1. The lowest BCUT2D eigenvalue weighted by atomic mass is 10.2. The normalized spacial score (nSPS) is 11.3. The van der Waals surface area contributed by atoms with Gasteiger partial charge in [-0.15, -0.1) is 0 Å². The Morgan fingerprint density at radius 2 is 1.85 bits per heavy atom. The van der Waals surface area contributed by atoms with Crippen LogP contribution in [0.25, 0.3) is 0 Å². The van der Waals surface area contributed by atoms with Crippen LogP contribution in [0.2, 0.25) is 0 Å². The quantitative estimate of drug-likeness (QED) is 0.881. The molecule has 0 aliphatic carbocycles. The highest BCUT2D eigenvalue weighted by Gasteiger charge is 2.20. The molecule has 0 aliphatic heterocycles. The topological polar surface area (TPSA) is 63.4 Å². The summed E-state index contributed by atoms with van der Waals surface area (Å²) in [7, 11) is -2.23. The molecule has 6 heteroatoms. The highest BCUT2D eigenvalue weighted by molar-refractivity contribution is 7.92. The van der Waals surface area contributed by atoms with Crippen molar-refractivity contribution < 1.29 is 12.8 Å². The van der Waals surface area contributed by atoms with Crippen molar-refractivity contribution in [2.24, 2.45) is 0 Å². The van der Waals surface area contributed by atoms with Crippen molar-refractivity contribution in [1.29, 1.82) is 0 Å². The van der Waals surface area contributed by atoms with Crippen LogP contribution in [0.15, 0.2) is 48.5 Å². The lowest BCUT2D eigenvalue weighted by Gasteiger charge is -2.20. The molecule has 20 heavy (non-hydrogen) atoms. The molecule has 4 nitrogen and oxygen atoms in total. The summed E-state index contributed by atoms with van der Waals surface area (Å²) in [5.74, 6) is -0.712. The van der Waals surface area contributed by atoms with E-state index in [1.807, 2.05) is 0 Å². The Bertz CT molecular complexity index is 717. The van der Waals surface area contributed by atoms with E-state index < -0.39 is 15.8 Å². The average Bonchev–Trinajstić information content (AvgIpc) is 2.40. The van der Waals surface area contributed by atoms with E-state index in [-0.39, 0.29) is 11.4 Å². The molecular weight excluding hydrogens is 279 g/mol. The number of rotatable bonds is 4. The largest absolute Gasteiger partial charge is 0.398 e. The Kier molecular flexibility index (Phi) is 3.94. The number of nitrogen functional groups attached to an aromatic ring is 1. The highest BCUT2D eigenvalue weighted by Crippen LogP contribution is 2.21. The third kappa shape index (κ3) is 3.08. The monoisotopic (exact) mass is 294 g/mol. The number of nitrogens with zero attached hydrogens (tertiary/aromatic N) is 1. The summed E-state index contributed by atoms with van der Waals surface area (Å²) in [5.41, 5.74) is 6.97. The van der Waals surface area contributed by atoms with Gasteiger partial charge in [0.05, 0.1) is 11.4 Å². The molecule has 0 atom stereocenters. The molecule has 2 N–H and O–H groups in total. The number of sulfonamides is 1. The van der Waals surface area contributed by atoms with E-state index in [0.717, 1.165) is 4.31 Å². The number of halogens is 1. The molecule has 0 saturated carbocycles. The van der Waals surface area contributed by atoms with Gasteiger partial charge in [0, 0.05) is 12.7 Å². The molecule has 0 fully saturated rings. The second-order valence-corrected chi connectivity index (χ2v) is 6.40. The van der Waals surface area contributed by atoms with Crippen molar-refractivity contribution in [2.45, 2.75) is 5.75 Å². The van der Waals surface area contributed by atoms with Gasteiger partial charge in [-0.25, -0.2) is 12.8 Å². The molecule has 0 bridgehead atoms. The highest BCUT2D eigenvalue weighted by atomic mass is 32.2.